The first-order valence-electron chi connectivity index (χ1n) is 7.39. The van der Waals surface area contributed by atoms with Gasteiger partial charge < -0.3 is 15.5 Å². The summed E-state index contributed by atoms with van der Waals surface area (Å²) in [6, 6.07) is 8.03. The molecule has 0 spiro atoms. The third kappa shape index (κ3) is 4.94. The molecule has 0 aromatic heterocycles. The highest BCUT2D eigenvalue weighted by atomic mass is 16.1. The third-order valence-corrected chi connectivity index (χ3v) is 3.87. The van der Waals surface area contributed by atoms with E-state index >= 15 is 0 Å². The highest BCUT2D eigenvalue weighted by Gasteiger charge is 2.15. The van der Waals surface area contributed by atoms with Crippen molar-refractivity contribution in [3.8, 4) is 0 Å². The van der Waals surface area contributed by atoms with Crippen LogP contribution in [0.5, 0.6) is 0 Å². The number of hydrogen-bond donors (Lipinski definition) is 2. The average Bonchev–Trinajstić information content (AvgIpc) is 2.42. The summed E-state index contributed by atoms with van der Waals surface area (Å²) >= 11 is 0. The highest BCUT2D eigenvalue weighted by Crippen LogP contribution is 2.15. The molecule has 0 radical (unpaired) electrons. The van der Waals surface area contributed by atoms with Crippen molar-refractivity contribution in [3.63, 3.8) is 0 Å². The van der Waals surface area contributed by atoms with Crippen molar-refractivity contribution in [1.82, 2.24) is 10.2 Å². The molecule has 0 saturated carbocycles. The van der Waals surface area contributed by atoms with E-state index in [1.54, 1.807) is 0 Å². The van der Waals surface area contributed by atoms with E-state index in [9.17, 15) is 4.79 Å². The molecule has 2 rings (SSSR count). The summed E-state index contributed by atoms with van der Waals surface area (Å²) in [5, 5.41) is 6.32. The molecule has 0 bridgehead atoms. The van der Waals surface area contributed by atoms with Crippen molar-refractivity contribution in [3.05, 3.63) is 29.8 Å². The van der Waals surface area contributed by atoms with Crippen molar-refractivity contribution >= 4 is 11.6 Å². The Bertz CT molecular complexity index is 422. The lowest BCUT2D eigenvalue weighted by Crippen LogP contribution is -2.34. The monoisotopic (exact) mass is 275 g/mol. The summed E-state index contributed by atoms with van der Waals surface area (Å²) in [6.45, 7) is 5.96. The Kier molecular flexibility index (Phi) is 5.56. The van der Waals surface area contributed by atoms with E-state index in [1.807, 2.05) is 12.1 Å². The highest BCUT2D eigenvalue weighted by molar-refractivity contribution is 5.88. The molecular weight excluding hydrogens is 250 g/mol. The van der Waals surface area contributed by atoms with Crippen molar-refractivity contribution in [1.29, 1.82) is 0 Å². The van der Waals surface area contributed by atoms with Crippen LogP contribution < -0.4 is 10.6 Å². The summed E-state index contributed by atoms with van der Waals surface area (Å²) < 4.78 is 0. The van der Waals surface area contributed by atoms with Crippen LogP contribution in [0.25, 0.3) is 0 Å². The van der Waals surface area contributed by atoms with Gasteiger partial charge >= 0.3 is 0 Å². The molecule has 1 aromatic rings. The zero-order valence-corrected chi connectivity index (χ0v) is 12.5. The minimum Gasteiger partial charge on any atom is -0.326 e. The number of anilines is 1. The summed E-state index contributed by atoms with van der Waals surface area (Å²) in [4.78, 5) is 13.3. The number of benzene rings is 1. The van der Waals surface area contributed by atoms with E-state index in [1.165, 1.54) is 38.4 Å². The molecule has 1 fully saturated rings. The Morgan fingerprint density at radius 1 is 1.25 bits per heavy atom. The minimum atomic E-state index is -0.0295. The van der Waals surface area contributed by atoms with Gasteiger partial charge in [-0.1, -0.05) is 12.1 Å². The zero-order valence-electron chi connectivity index (χ0n) is 12.5. The summed E-state index contributed by atoms with van der Waals surface area (Å²) in [5.41, 5.74) is 2.11. The first kappa shape index (κ1) is 15.0. The van der Waals surface area contributed by atoms with Crippen LogP contribution in [0.2, 0.25) is 0 Å². The molecule has 0 unspecified atom stereocenters. The molecule has 1 amide bonds. The van der Waals surface area contributed by atoms with Crippen LogP contribution in [-0.2, 0) is 11.3 Å². The standard InChI is InChI=1S/C16H25N3O/c1-13(20)18-16-5-3-14(4-6-16)11-17-12-15-7-9-19(2)10-8-15/h3-6,15,17H,7-12H2,1-2H3,(H,18,20). The van der Waals surface area contributed by atoms with Gasteiger partial charge in [0.05, 0.1) is 0 Å². The first-order chi connectivity index (χ1) is 9.63. The average molecular weight is 275 g/mol. The number of carbonyl (C=O) groups is 1. The molecule has 1 heterocycles. The second-order valence-corrected chi connectivity index (χ2v) is 5.76. The van der Waals surface area contributed by atoms with Crippen molar-refractivity contribution in [2.24, 2.45) is 5.92 Å². The molecule has 1 aliphatic heterocycles. The number of piperidine rings is 1. The normalized spacial score (nSPS) is 17.1. The fraction of sp³-hybridized carbons (Fsp3) is 0.562. The van der Waals surface area contributed by atoms with Crippen LogP contribution in [0.3, 0.4) is 0 Å². The molecule has 1 aliphatic rings. The van der Waals surface area contributed by atoms with E-state index in [4.69, 9.17) is 0 Å². The van der Waals surface area contributed by atoms with Crippen molar-refractivity contribution in [2.45, 2.75) is 26.3 Å². The number of hydrogen-bond acceptors (Lipinski definition) is 3. The van der Waals surface area contributed by atoms with E-state index in [2.05, 4.69) is 34.7 Å². The summed E-state index contributed by atoms with van der Waals surface area (Å²) in [7, 11) is 2.19. The molecule has 1 saturated heterocycles. The Morgan fingerprint density at radius 2 is 1.90 bits per heavy atom. The zero-order chi connectivity index (χ0) is 14.4. The molecule has 4 heteroatoms. The molecule has 1 aromatic carbocycles. The predicted octanol–water partition coefficient (Wildman–Crippen LogP) is 2.08. The van der Waals surface area contributed by atoms with E-state index in [0.29, 0.717) is 0 Å². The lowest BCUT2D eigenvalue weighted by Gasteiger charge is -2.29. The minimum absolute atomic E-state index is 0.0295. The number of rotatable bonds is 5. The van der Waals surface area contributed by atoms with Crippen LogP contribution in [0.4, 0.5) is 5.69 Å². The second kappa shape index (κ2) is 7.41. The van der Waals surface area contributed by atoms with Crippen molar-refractivity contribution in [2.75, 3.05) is 32.0 Å². The molecule has 110 valence electrons. The van der Waals surface area contributed by atoms with Crippen LogP contribution >= 0.6 is 0 Å². The Labute approximate surface area is 121 Å². The van der Waals surface area contributed by atoms with E-state index in [0.717, 1.165) is 24.7 Å². The summed E-state index contributed by atoms with van der Waals surface area (Å²) in [5.74, 6) is 0.781. The number of nitrogens with one attached hydrogen (secondary N) is 2. The van der Waals surface area contributed by atoms with Crippen LogP contribution in [0.1, 0.15) is 25.3 Å². The number of amides is 1. The van der Waals surface area contributed by atoms with Gasteiger partial charge in [-0.15, -0.1) is 0 Å². The van der Waals surface area contributed by atoms with Crippen LogP contribution in [-0.4, -0.2) is 37.5 Å². The molecule has 2 N–H and O–H groups in total. The quantitative estimate of drug-likeness (QED) is 0.864. The molecular formula is C16H25N3O. The van der Waals surface area contributed by atoms with Gasteiger partial charge in [-0.3, -0.25) is 4.79 Å². The maximum Gasteiger partial charge on any atom is 0.221 e. The fourth-order valence-electron chi connectivity index (χ4n) is 2.60. The second-order valence-electron chi connectivity index (χ2n) is 5.76. The lowest BCUT2D eigenvalue weighted by molar-refractivity contribution is -0.114. The van der Waals surface area contributed by atoms with Crippen LogP contribution in [0.15, 0.2) is 24.3 Å². The topological polar surface area (TPSA) is 44.4 Å². The van der Waals surface area contributed by atoms with Gasteiger partial charge in [0.25, 0.3) is 0 Å². The van der Waals surface area contributed by atoms with Gasteiger partial charge in [0, 0.05) is 19.2 Å². The Hall–Kier alpha value is -1.39. The van der Waals surface area contributed by atoms with Gasteiger partial charge in [0.15, 0.2) is 0 Å². The van der Waals surface area contributed by atoms with Gasteiger partial charge in [-0.25, -0.2) is 0 Å². The van der Waals surface area contributed by atoms with E-state index in [-0.39, 0.29) is 5.91 Å². The SMILES string of the molecule is CC(=O)Nc1ccc(CNCC2CCN(C)CC2)cc1. The third-order valence-electron chi connectivity index (χ3n) is 3.87. The largest absolute Gasteiger partial charge is 0.326 e. The molecule has 4 nitrogen and oxygen atoms in total. The Morgan fingerprint density at radius 3 is 2.50 bits per heavy atom. The van der Waals surface area contributed by atoms with Crippen LogP contribution in [0, 0.1) is 5.92 Å². The number of likely N-dealkylation sites (tertiary alicyclic amines) is 1. The smallest absolute Gasteiger partial charge is 0.221 e. The maximum absolute atomic E-state index is 10.9. The van der Waals surface area contributed by atoms with Gasteiger partial charge in [0.2, 0.25) is 5.91 Å². The number of carbonyl (C=O) groups excluding carboxylic acids is 1. The predicted molar refractivity (Wildman–Crippen MR) is 82.7 cm³/mol. The van der Waals surface area contributed by atoms with E-state index < -0.39 is 0 Å². The molecule has 20 heavy (non-hydrogen) atoms. The Balaban J connectivity index is 1.70. The molecule has 0 atom stereocenters. The summed E-state index contributed by atoms with van der Waals surface area (Å²) in [6.07, 6.45) is 2.59. The lowest BCUT2D eigenvalue weighted by atomic mass is 9.97. The first-order valence-corrected chi connectivity index (χ1v) is 7.39. The molecule has 0 aliphatic carbocycles. The number of nitrogens with zero attached hydrogens (tertiary/aromatic N) is 1. The maximum atomic E-state index is 10.9. The van der Waals surface area contributed by atoms with Crippen molar-refractivity contribution < 1.29 is 4.79 Å². The fourth-order valence-corrected chi connectivity index (χ4v) is 2.60. The van der Waals surface area contributed by atoms with Gasteiger partial charge in [-0.2, -0.15) is 0 Å². The van der Waals surface area contributed by atoms with Gasteiger partial charge in [-0.05, 0) is 63.1 Å². The van der Waals surface area contributed by atoms with Gasteiger partial charge in [0.1, 0.15) is 0 Å².